The van der Waals surface area contributed by atoms with Crippen molar-refractivity contribution in [3.8, 4) is 0 Å². The number of rotatable bonds is 11. The van der Waals surface area contributed by atoms with Crippen LogP contribution in [-0.2, 0) is 0 Å². The summed E-state index contributed by atoms with van der Waals surface area (Å²) in [4.78, 5) is 89.5. The number of hydrogen-bond acceptors (Lipinski definition) is 22. The summed E-state index contributed by atoms with van der Waals surface area (Å²) in [5.74, 6) is 11.6. The van der Waals surface area contributed by atoms with Crippen LogP contribution in [0.15, 0.2) is 92.6 Å². The largest absolute Gasteiger partial charge is 0.356 e. The van der Waals surface area contributed by atoms with Crippen LogP contribution in [0.25, 0.3) is 44.1 Å². The zero-order chi connectivity index (χ0) is 68.4. The van der Waals surface area contributed by atoms with Gasteiger partial charge in [0.05, 0.1) is 21.5 Å². The van der Waals surface area contributed by atoms with Crippen molar-refractivity contribution < 1.29 is 0 Å². The molecule has 12 atom stereocenters. The monoisotopic (exact) mass is 1500 g/mol. The first-order valence-electron chi connectivity index (χ1n) is 34.2. The Hall–Kier alpha value is -7.69. The van der Waals surface area contributed by atoms with Crippen LogP contribution in [0.4, 0.5) is 41.0 Å². The van der Waals surface area contributed by atoms with Gasteiger partial charge in [0.2, 0.25) is 17.2 Å². The molecule has 15 heterocycles. The third kappa shape index (κ3) is 14.2. The fraction of sp³-hybridized carbons (Fsp3) is 0.471. The molecule has 4 unspecified atom stereocenters. The topological polar surface area (TPSA) is 278 Å². The SMILES string of the molecule is CN(c1ncnc2[nH]ccc12)C1C[C@@H]2CN(c3cc(Cl)nc(Cl)n3)C[C@@H]2C1.CN(c1ncnc2[nH]ccc12)C1C[C@@H]2CN(c3nc(Cl)cc(Cl)n3)C[C@@H]2C1.CN(c1ncnc2[nH]ccc12)C1C[C@@H]2CN(c3nc(Cl)cc(Cl)n3)C[C@@H]2C1.CN(c1ncnc2[nH]ccc12)C1C[C@H]2CNC[C@H]2C1.Cl. The zero-order valence-electron chi connectivity index (χ0n) is 56.0. The normalized spacial score (nSPS) is 25.3. The van der Waals surface area contributed by atoms with Gasteiger partial charge in [0.1, 0.15) is 103 Å². The minimum absolute atomic E-state index is 0. The average Bonchev–Trinajstić information content (AvgIpc) is 1.66. The van der Waals surface area contributed by atoms with E-state index in [1.165, 1.54) is 25.9 Å². The molecule has 33 heteroatoms. The Kier molecular flexibility index (Phi) is 20.0. The summed E-state index contributed by atoms with van der Waals surface area (Å²) in [7, 11) is 8.59. The van der Waals surface area contributed by atoms with E-state index in [1.807, 2.05) is 43.0 Å². The van der Waals surface area contributed by atoms with E-state index in [9.17, 15) is 0 Å². The Labute approximate surface area is 619 Å². The van der Waals surface area contributed by atoms with Crippen LogP contribution < -0.4 is 39.6 Å². The molecule has 26 nitrogen and oxygen atoms in total. The van der Waals surface area contributed by atoms with E-state index in [0.29, 0.717) is 97.3 Å². The first kappa shape index (κ1) is 69.0. The van der Waals surface area contributed by atoms with Gasteiger partial charge in [0.15, 0.2) is 0 Å². The Morgan fingerprint density at radius 3 is 0.921 bits per heavy atom. The van der Waals surface area contributed by atoms with Crippen LogP contribution in [-0.4, -0.2) is 194 Å². The second-order valence-corrected chi connectivity index (χ2v) is 30.4. The van der Waals surface area contributed by atoms with E-state index in [2.05, 4.69) is 164 Å². The molecule has 5 N–H and O–H groups in total. The molecule has 0 radical (unpaired) electrons. The Balaban J connectivity index is 0.000000110. The molecule has 11 aromatic heterocycles. The van der Waals surface area contributed by atoms with Crippen molar-refractivity contribution in [3.63, 3.8) is 0 Å². The van der Waals surface area contributed by atoms with E-state index in [1.54, 1.807) is 43.5 Å². The molecule has 0 spiro atoms. The summed E-state index contributed by atoms with van der Waals surface area (Å²) < 4.78 is 0. The van der Waals surface area contributed by atoms with E-state index < -0.39 is 0 Å². The van der Waals surface area contributed by atoms with Gasteiger partial charge in [-0.1, -0.05) is 58.0 Å². The Bertz CT molecular complexity index is 4230. The maximum absolute atomic E-state index is 6.04. The number of aromatic nitrogens is 18. The molecule has 4 aliphatic heterocycles. The quantitative estimate of drug-likeness (QED) is 0.0594. The highest BCUT2D eigenvalue weighted by atomic mass is 35.5. The Morgan fingerprint density at radius 1 is 0.347 bits per heavy atom. The second-order valence-electron chi connectivity index (χ2n) is 28.1. The van der Waals surface area contributed by atoms with E-state index in [4.69, 9.17) is 69.6 Å². The van der Waals surface area contributed by atoms with Crippen LogP contribution in [0.2, 0.25) is 31.0 Å². The number of halogens is 7. The highest BCUT2D eigenvalue weighted by Crippen LogP contribution is 2.47. The lowest BCUT2D eigenvalue weighted by molar-refractivity contribution is 0.494. The van der Waals surface area contributed by atoms with Crippen LogP contribution >= 0.6 is 82.0 Å². The predicted molar refractivity (Wildman–Crippen MR) is 402 cm³/mol. The summed E-state index contributed by atoms with van der Waals surface area (Å²) in [6.45, 7) is 8.09. The van der Waals surface area contributed by atoms with Gasteiger partial charge in [-0.25, -0.2) is 69.8 Å². The summed E-state index contributed by atoms with van der Waals surface area (Å²) in [5, 5.41) is 9.98. The smallest absolute Gasteiger partial charge is 0.228 e. The first-order chi connectivity index (χ1) is 48.6. The van der Waals surface area contributed by atoms with Crippen molar-refractivity contribution >= 4 is 167 Å². The molecular weight excluding hydrogens is 1430 g/mol. The van der Waals surface area contributed by atoms with Crippen LogP contribution in [0.3, 0.4) is 0 Å². The molecule has 0 aromatic carbocycles. The fourth-order valence-electron chi connectivity index (χ4n) is 17.5. The van der Waals surface area contributed by atoms with Gasteiger partial charge in [-0.3, -0.25) is 0 Å². The van der Waals surface area contributed by atoms with Gasteiger partial charge in [0, 0.05) is 135 Å². The molecule has 8 fully saturated rings. The summed E-state index contributed by atoms with van der Waals surface area (Å²) in [5.41, 5.74) is 3.57. The third-order valence-corrected chi connectivity index (χ3v) is 23.7. The molecule has 101 heavy (non-hydrogen) atoms. The second kappa shape index (κ2) is 29.2. The highest BCUT2D eigenvalue weighted by molar-refractivity contribution is 6.34. The van der Waals surface area contributed by atoms with Crippen molar-refractivity contribution in [3.05, 3.63) is 124 Å². The van der Waals surface area contributed by atoms with Crippen LogP contribution in [0.1, 0.15) is 51.4 Å². The lowest BCUT2D eigenvalue weighted by atomic mass is 10.0. The van der Waals surface area contributed by atoms with Gasteiger partial charge in [-0.15, -0.1) is 12.4 Å². The minimum atomic E-state index is 0. The summed E-state index contributed by atoms with van der Waals surface area (Å²) in [6, 6.07) is 15.2. The van der Waals surface area contributed by atoms with E-state index in [-0.39, 0.29) is 17.7 Å². The number of nitrogens with one attached hydrogen (secondary N) is 5. The molecule has 8 aliphatic rings. The predicted octanol–water partition coefficient (Wildman–Crippen LogP) is 12.0. The summed E-state index contributed by atoms with van der Waals surface area (Å²) in [6.07, 6.45) is 23.6. The molecule has 528 valence electrons. The van der Waals surface area contributed by atoms with E-state index in [0.717, 1.165) is 163 Å². The van der Waals surface area contributed by atoms with Crippen molar-refractivity contribution in [2.75, 3.05) is 115 Å². The lowest BCUT2D eigenvalue weighted by Crippen LogP contribution is -2.33. The molecule has 0 amide bonds. The molecule has 4 saturated carbocycles. The van der Waals surface area contributed by atoms with Gasteiger partial charge in [0.25, 0.3) is 0 Å². The Morgan fingerprint density at radius 2 is 0.624 bits per heavy atom. The number of fused-ring (bicyclic) bond motifs is 8. The molecular formula is C68H77Cl7N26. The molecule has 4 aliphatic carbocycles. The number of nitrogens with zero attached hydrogens (tertiary/aromatic N) is 21. The molecule has 11 aromatic rings. The van der Waals surface area contributed by atoms with Crippen molar-refractivity contribution in [1.82, 2.24) is 95.0 Å². The number of anilines is 7. The number of H-pyrrole nitrogens is 4. The maximum atomic E-state index is 6.04. The average molecular weight is 1510 g/mol. The van der Waals surface area contributed by atoms with Crippen molar-refractivity contribution in [1.29, 1.82) is 0 Å². The van der Waals surface area contributed by atoms with E-state index >= 15 is 0 Å². The fourth-order valence-corrected chi connectivity index (χ4v) is 18.8. The molecule has 19 rings (SSSR count). The van der Waals surface area contributed by atoms with Gasteiger partial charge in [-0.05, 0) is 148 Å². The highest BCUT2D eigenvalue weighted by Gasteiger charge is 2.47. The number of aromatic amines is 4. The first-order valence-corrected chi connectivity index (χ1v) is 36.4. The van der Waals surface area contributed by atoms with Crippen molar-refractivity contribution in [2.45, 2.75) is 75.5 Å². The van der Waals surface area contributed by atoms with Crippen LogP contribution in [0, 0.1) is 47.3 Å². The summed E-state index contributed by atoms with van der Waals surface area (Å²) >= 11 is 36.1. The third-order valence-electron chi connectivity index (χ3n) is 22.5. The van der Waals surface area contributed by atoms with Gasteiger partial charge >= 0.3 is 0 Å². The lowest BCUT2D eigenvalue weighted by Gasteiger charge is -2.28. The maximum Gasteiger partial charge on any atom is 0.228 e. The van der Waals surface area contributed by atoms with Gasteiger partial charge in [-0.2, -0.15) is 0 Å². The molecule has 0 bridgehead atoms. The zero-order valence-corrected chi connectivity index (χ0v) is 61.3. The molecule has 4 saturated heterocycles. The standard InChI is InChI=1S/3C18H19Cl2N7.C14H19N5.ClH/c1-26(17-13-2-3-21-16(13)22-9-23-17)12-4-10-7-27(8-11(10)5-12)15-6-14(19)24-18(20)25-15;2*1-26(17-13-2-3-21-16(13)22-9-23-17)12-4-10-7-27(8-11(10)5-12)18-24-14(19)6-15(20)25-18;1-19(11-4-9-6-15-7-10(9)5-11)14-12-2-3-16-13(12)17-8-18-14;/h3*2-3,6,9-12H,4-5,7-8H2,1H3,(H,21,22,23);2-3,8-11,15H,4-7H2,1H3,(H,16,17,18);1H/t3*10-,11+,12?;9-,10+,11?;. The minimum Gasteiger partial charge on any atom is -0.356 e. The van der Waals surface area contributed by atoms with Crippen LogP contribution in [0.5, 0.6) is 0 Å². The van der Waals surface area contributed by atoms with Gasteiger partial charge < -0.3 is 59.6 Å². The van der Waals surface area contributed by atoms with Crippen molar-refractivity contribution in [2.24, 2.45) is 47.3 Å². The number of hydrogen-bond donors (Lipinski definition) is 5.